The quantitative estimate of drug-likeness (QED) is 0.563. The normalized spacial score (nSPS) is 13.2. The Bertz CT molecular complexity index is 1360. The van der Waals surface area contributed by atoms with Crippen LogP contribution in [-0.4, -0.2) is 15.5 Å². The number of rotatable bonds is 3. The summed E-state index contributed by atoms with van der Waals surface area (Å²) in [5.41, 5.74) is 3.13. The summed E-state index contributed by atoms with van der Waals surface area (Å²) >= 11 is 0. The van der Waals surface area contributed by atoms with Crippen LogP contribution in [0.5, 0.6) is 0 Å². The van der Waals surface area contributed by atoms with Crippen molar-refractivity contribution in [1.29, 1.82) is 0 Å². The van der Waals surface area contributed by atoms with Crippen LogP contribution in [0.3, 0.4) is 0 Å². The van der Waals surface area contributed by atoms with Gasteiger partial charge in [0.15, 0.2) is 11.2 Å². The standard InChI is InChI=1S/C25H17NO3/c27-22-14-21(23-24(28)17-10-4-5-11-18(17)25(23)29)26(15-16-8-2-1-3-9-16)20-13-7-6-12-19(20)22/h1-14,28H,15H2. The topological polar surface area (TPSA) is 59.3 Å². The number of pyridine rings is 1. The third kappa shape index (κ3) is 2.69. The van der Waals surface area contributed by atoms with Gasteiger partial charge in [-0.2, -0.15) is 0 Å². The van der Waals surface area contributed by atoms with Crippen molar-refractivity contribution in [1.82, 2.24) is 4.57 Å². The molecule has 4 aromatic rings. The monoisotopic (exact) mass is 379 g/mol. The van der Waals surface area contributed by atoms with Gasteiger partial charge in [0.05, 0.1) is 16.8 Å². The van der Waals surface area contributed by atoms with Crippen LogP contribution in [0.15, 0.2) is 89.7 Å². The first-order chi connectivity index (χ1) is 14.1. The molecule has 0 radical (unpaired) electrons. The van der Waals surface area contributed by atoms with Gasteiger partial charge in [0.25, 0.3) is 0 Å². The van der Waals surface area contributed by atoms with Crippen molar-refractivity contribution in [3.05, 3.63) is 118 Å². The molecule has 0 saturated heterocycles. The fourth-order valence-electron chi connectivity index (χ4n) is 3.97. The van der Waals surface area contributed by atoms with Crippen molar-refractivity contribution in [2.45, 2.75) is 6.54 Å². The summed E-state index contributed by atoms with van der Waals surface area (Å²) in [5.74, 6) is -0.350. The van der Waals surface area contributed by atoms with E-state index in [1.54, 1.807) is 30.3 Å². The van der Waals surface area contributed by atoms with E-state index in [4.69, 9.17) is 0 Å². The Balaban J connectivity index is 1.81. The van der Waals surface area contributed by atoms with Gasteiger partial charge in [-0.15, -0.1) is 0 Å². The molecular weight excluding hydrogens is 362 g/mol. The van der Waals surface area contributed by atoms with Gasteiger partial charge < -0.3 is 9.67 Å². The lowest BCUT2D eigenvalue weighted by Crippen LogP contribution is -2.16. The molecule has 1 aliphatic rings. The highest BCUT2D eigenvalue weighted by Crippen LogP contribution is 2.37. The number of hydrogen-bond donors (Lipinski definition) is 1. The van der Waals surface area contributed by atoms with Crippen LogP contribution in [-0.2, 0) is 6.54 Å². The van der Waals surface area contributed by atoms with Crippen LogP contribution in [0.2, 0.25) is 0 Å². The molecule has 3 aromatic carbocycles. The molecule has 0 atom stereocenters. The number of ketones is 1. The van der Waals surface area contributed by atoms with Crippen LogP contribution in [0.4, 0.5) is 0 Å². The number of hydrogen-bond acceptors (Lipinski definition) is 3. The van der Waals surface area contributed by atoms with Crippen molar-refractivity contribution in [3.63, 3.8) is 0 Å². The van der Waals surface area contributed by atoms with E-state index < -0.39 is 0 Å². The molecule has 1 aliphatic carbocycles. The maximum absolute atomic E-state index is 13.1. The number of nitrogens with zero attached hydrogens (tertiary/aromatic N) is 1. The third-order valence-corrected chi connectivity index (χ3v) is 5.35. The first-order valence-corrected chi connectivity index (χ1v) is 9.39. The van der Waals surface area contributed by atoms with Gasteiger partial charge in [-0.3, -0.25) is 9.59 Å². The second-order valence-corrected chi connectivity index (χ2v) is 7.08. The van der Waals surface area contributed by atoms with Crippen molar-refractivity contribution < 1.29 is 9.90 Å². The summed E-state index contributed by atoms with van der Waals surface area (Å²) < 4.78 is 1.93. The number of benzene rings is 3. The average molecular weight is 379 g/mol. The Hall–Kier alpha value is -3.92. The molecule has 1 N–H and O–H groups in total. The van der Waals surface area contributed by atoms with E-state index in [-0.39, 0.29) is 22.5 Å². The van der Waals surface area contributed by atoms with Gasteiger partial charge in [0.1, 0.15) is 5.76 Å². The second-order valence-electron chi connectivity index (χ2n) is 7.08. The largest absolute Gasteiger partial charge is 0.506 e. The van der Waals surface area contributed by atoms with Gasteiger partial charge in [-0.05, 0) is 17.7 Å². The van der Waals surface area contributed by atoms with Crippen LogP contribution < -0.4 is 5.43 Å². The molecule has 140 valence electrons. The van der Waals surface area contributed by atoms with E-state index in [2.05, 4.69) is 0 Å². The molecule has 4 heteroatoms. The summed E-state index contributed by atoms with van der Waals surface area (Å²) in [6.45, 7) is 0.470. The van der Waals surface area contributed by atoms with Crippen molar-refractivity contribution in [3.8, 4) is 0 Å². The Morgan fingerprint density at radius 2 is 1.41 bits per heavy atom. The number of aliphatic hydroxyl groups excluding tert-OH is 1. The van der Waals surface area contributed by atoms with Crippen molar-refractivity contribution in [2.24, 2.45) is 0 Å². The fourth-order valence-corrected chi connectivity index (χ4v) is 3.97. The minimum absolute atomic E-state index is 0.0814. The summed E-state index contributed by atoms with van der Waals surface area (Å²) in [7, 11) is 0. The summed E-state index contributed by atoms with van der Waals surface area (Å²) in [6.07, 6.45) is 0. The van der Waals surface area contributed by atoms with Crippen LogP contribution in [0.1, 0.15) is 27.2 Å². The highest BCUT2D eigenvalue weighted by atomic mass is 16.3. The number of para-hydroxylation sites is 1. The van der Waals surface area contributed by atoms with E-state index >= 15 is 0 Å². The minimum Gasteiger partial charge on any atom is -0.506 e. The molecule has 1 heterocycles. The fraction of sp³-hybridized carbons (Fsp3) is 0.0400. The Kier molecular flexibility index (Phi) is 3.91. The number of aliphatic hydroxyl groups is 1. The highest BCUT2D eigenvalue weighted by molar-refractivity contribution is 6.38. The molecule has 1 aromatic heterocycles. The molecule has 0 saturated carbocycles. The molecule has 0 amide bonds. The molecule has 0 unspecified atom stereocenters. The van der Waals surface area contributed by atoms with Gasteiger partial charge in [0.2, 0.25) is 0 Å². The molecule has 0 aliphatic heterocycles. The van der Waals surface area contributed by atoms with Gasteiger partial charge in [-0.1, -0.05) is 66.7 Å². The average Bonchev–Trinajstić information content (AvgIpc) is 3.01. The van der Waals surface area contributed by atoms with E-state index in [1.807, 2.05) is 53.1 Å². The second kappa shape index (κ2) is 6.60. The summed E-state index contributed by atoms with van der Waals surface area (Å²) in [4.78, 5) is 25.9. The lowest BCUT2D eigenvalue weighted by molar-refractivity contribution is 0.105. The predicted octanol–water partition coefficient (Wildman–Crippen LogP) is 4.67. The maximum Gasteiger partial charge on any atom is 0.199 e. The lowest BCUT2D eigenvalue weighted by atomic mass is 10.0. The van der Waals surface area contributed by atoms with E-state index in [9.17, 15) is 14.7 Å². The predicted molar refractivity (Wildman–Crippen MR) is 114 cm³/mol. The van der Waals surface area contributed by atoms with Crippen molar-refractivity contribution >= 4 is 28.0 Å². The highest BCUT2D eigenvalue weighted by Gasteiger charge is 2.32. The number of aromatic nitrogens is 1. The zero-order chi connectivity index (χ0) is 20.0. The number of fused-ring (bicyclic) bond motifs is 2. The smallest absolute Gasteiger partial charge is 0.199 e. The van der Waals surface area contributed by atoms with E-state index in [1.165, 1.54) is 6.07 Å². The van der Waals surface area contributed by atoms with Crippen LogP contribution in [0, 0.1) is 0 Å². The Labute approximate surface area is 167 Å². The Morgan fingerprint density at radius 1 is 0.759 bits per heavy atom. The molecular formula is C25H17NO3. The first-order valence-electron chi connectivity index (χ1n) is 9.39. The molecule has 0 fully saturated rings. The molecule has 0 bridgehead atoms. The lowest BCUT2D eigenvalue weighted by Gasteiger charge is -2.18. The SMILES string of the molecule is O=C1C(c2cc(=O)c3ccccc3n2Cc2ccccc2)=C(O)c2ccccc21. The zero-order valence-corrected chi connectivity index (χ0v) is 15.5. The van der Waals surface area contributed by atoms with Crippen molar-refractivity contribution in [2.75, 3.05) is 0 Å². The summed E-state index contributed by atoms with van der Waals surface area (Å²) in [5, 5.41) is 11.4. The number of Topliss-reactive ketones (excluding diaryl/α,β-unsaturated/α-hetero) is 1. The first kappa shape index (κ1) is 17.2. The molecule has 5 rings (SSSR count). The van der Waals surface area contributed by atoms with Gasteiger partial charge in [0, 0.05) is 29.1 Å². The maximum atomic E-state index is 13.1. The Morgan fingerprint density at radius 3 is 2.17 bits per heavy atom. The zero-order valence-electron chi connectivity index (χ0n) is 15.5. The number of allylic oxidation sites excluding steroid dienone is 1. The number of carbonyl (C=O) groups excluding carboxylic acids is 1. The third-order valence-electron chi connectivity index (χ3n) is 5.35. The van der Waals surface area contributed by atoms with E-state index in [0.717, 1.165) is 11.1 Å². The van der Waals surface area contributed by atoms with Gasteiger partial charge >= 0.3 is 0 Å². The molecule has 4 nitrogen and oxygen atoms in total. The van der Waals surface area contributed by atoms with E-state index in [0.29, 0.717) is 28.8 Å². The minimum atomic E-state index is -0.269. The number of carbonyl (C=O) groups is 1. The summed E-state index contributed by atoms with van der Waals surface area (Å²) in [6, 6.07) is 25.6. The van der Waals surface area contributed by atoms with Gasteiger partial charge in [-0.25, -0.2) is 0 Å². The van der Waals surface area contributed by atoms with Crippen LogP contribution >= 0.6 is 0 Å². The molecule has 29 heavy (non-hydrogen) atoms. The van der Waals surface area contributed by atoms with Crippen LogP contribution in [0.25, 0.3) is 22.2 Å². The molecule has 0 spiro atoms.